The van der Waals surface area contributed by atoms with Crippen molar-refractivity contribution in [2.45, 2.75) is 32.7 Å². The van der Waals surface area contributed by atoms with Crippen molar-refractivity contribution >= 4 is 5.69 Å². The molecule has 0 spiro atoms. The number of anilines is 1. The van der Waals surface area contributed by atoms with Crippen LogP contribution in [0.4, 0.5) is 5.69 Å². The molecule has 0 aromatic heterocycles. The summed E-state index contributed by atoms with van der Waals surface area (Å²) in [6.07, 6.45) is 2.06. The third-order valence-electron chi connectivity index (χ3n) is 3.55. The first-order chi connectivity index (χ1) is 9.71. The second-order valence-electron chi connectivity index (χ2n) is 4.65. The number of nitrogens with zero attached hydrogens (tertiary/aromatic N) is 2. The van der Waals surface area contributed by atoms with Crippen molar-refractivity contribution in [3.63, 3.8) is 0 Å². The lowest BCUT2D eigenvalue weighted by molar-refractivity contribution is 0.202. The van der Waals surface area contributed by atoms with Gasteiger partial charge in [-0.15, -0.1) is 0 Å². The van der Waals surface area contributed by atoms with E-state index in [0.717, 1.165) is 30.8 Å². The summed E-state index contributed by atoms with van der Waals surface area (Å²) in [6, 6.07) is 8.24. The Labute approximate surface area is 121 Å². The van der Waals surface area contributed by atoms with Crippen molar-refractivity contribution < 1.29 is 9.47 Å². The minimum absolute atomic E-state index is 0.393. The van der Waals surface area contributed by atoms with Crippen LogP contribution in [0.15, 0.2) is 18.2 Å². The Kier molecular flexibility index (Phi) is 6.89. The highest BCUT2D eigenvalue weighted by molar-refractivity contribution is 5.62. The first-order valence-corrected chi connectivity index (χ1v) is 7.05. The van der Waals surface area contributed by atoms with Gasteiger partial charge < -0.3 is 14.4 Å². The monoisotopic (exact) mass is 276 g/mol. The van der Waals surface area contributed by atoms with E-state index in [4.69, 9.17) is 9.47 Å². The topological polar surface area (TPSA) is 45.5 Å². The van der Waals surface area contributed by atoms with Crippen molar-refractivity contribution in [3.8, 4) is 11.8 Å². The molecular formula is C16H24N2O2. The number of hydrogen-bond donors (Lipinski definition) is 0. The van der Waals surface area contributed by atoms with Crippen molar-refractivity contribution in [1.82, 2.24) is 0 Å². The Morgan fingerprint density at radius 2 is 1.95 bits per heavy atom. The quantitative estimate of drug-likeness (QED) is 0.731. The summed E-state index contributed by atoms with van der Waals surface area (Å²) < 4.78 is 10.5. The Bertz CT molecular complexity index is 450. The smallest absolute Gasteiger partial charge is 0.121 e. The highest BCUT2D eigenvalue weighted by atomic mass is 16.5. The van der Waals surface area contributed by atoms with Crippen LogP contribution in [0.5, 0.6) is 5.75 Å². The number of nitriles is 1. The van der Waals surface area contributed by atoms with Crippen LogP contribution in [0.2, 0.25) is 0 Å². The molecule has 0 unspecified atom stereocenters. The number of methoxy groups -OCH3 is 2. The fraction of sp³-hybridized carbons (Fsp3) is 0.562. The molecular weight excluding hydrogens is 252 g/mol. The minimum atomic E-state index is 0.393. The maximum atomic E-state index is 9.33. The van der Waals surface area contributed by atoms with Gasteiger partial charge in [-0.3, -0.25) is 0 Å². The van der Waals surface area contributed by atoms with E-state index >= 15 is 0 Å². The molecule has 0 saturated carbocycles. The van der Waals surface area contributed by atoms with E-state index in [9.17, 15) is 5.26 Å². The van der Waals surface area contributed by atoms with E-state index in [1.165, 1.54) is 0 Å². The Morgan fingerprint density at radius 1 is 1.25 bits per heavy atom. The zero-order valence-corrected chi connectivity index (χ0v) is 12.8. The molecule has 4 nitrogen and oxygen atoms in total. The van der Waals surface area contributed by atoms with Crippen molar-refractivity contribution in [3.05, 3.63) is 23.8 Å². The molecule has 110 valence electrons. The van der Waals surface area contributed by atoms with Crippen LogP contribution in [0.3, 0.4) is 0 Å². The normalized spacial score (nSPS) is 10.4. The van der Waals surface area contributed by atoms with Crippen LogP contribution in [0, 0.1) is 11.3 Å². The fourth-order valence-electron chi connectivity index (χ4n) is 2.39. The molecule has 0 amide bonds. The second-order valence-corrected chi connectivity index (χ2v) is 4.65. The van der Waals surface area contributed by atoms with E-state index in [0.29, 0.717) is 18.2 Å². The summed E-state index contributed by atoms with van der Waals surface area (Å²) in [6.45, 7) is 5.74. The summed E-state index contributed by atoms with van der Waals surface area (Å²) in [5.74, 6) is 0.771. The predicted molar refractivity (Wildman–Crippen MR) is 81.3 cm³/mol. The van der Waals surface area contributed by atoms with Crippen LogP contribution < -0.4 is 9.64 Å². The van der Waals surface area contributed by atoms with E-state index in [1.54, 1.807) is 14.2 Å². The summed E-state index contributed by atoms with van der Waals surface area (Å²) in [5, 5.41) is 9.33. The summed E-state index contributed by atoms with van der Waals surface area (Å²) in [7, 11) is 3.34. The Hall–Kier alpha value is -1.73. The SMILES string of the molecule is CCC(CC)N(CCOC)c1cc(OC)ccc1C#N. The maximum absolute atomic E-state index is 9.33. The molecule has 0 saturated heterocycles. The molecule has 1 aromatic carbocycles. The summed E-state index contributed by atoms with van der Waals surface area (Å²) in [4.78, 5) is 2.25. The molecule has 0 aliphatic heterocycles. The van der Waals surface area contributed by atoms with Gasteiger partial charge in [0, 0.05) is 25.8 Å². The lowest BCUT2D eigenvalue weighted by Gasteiger charge is -2.33. The van der Waals surface area contributed by atoms with E-state index in [-0.39, 0.29) is 0 Å². The second kappa shape index (κ2) is 8.44. The highest BCUT2D eigenvalue weighted by Gasteiger charge is 2.19. The largest absolute Gasteiger partial charge is 0.497 e. The number of hydrogen-bond acceptors (Lipinski definition) is 4. The van der Waals surface area contributed by atoms with E-state index in [1.807, 2.05) is 18.2 Å². The molecule has 0 aliphatic rings. The minimum Gasteiger partial charge on any atom is -0.497 e. The van der Waals surface area contributed by atoms with Gasteiger partial charge in [0.2, 0.25) is 0 Å². The van der Waals surface area contributed by atoms with Gasteiger partial charge in [-0.25, -0.2) is 0 Å². The summed E-state index contributed by atoms with van der Waals surface area (Å²) in [5.41, 5.74) is 1.60. The van der Waals surface area contributed by atoms with Gasteiger partial charge in [-0.05, 0) is 25.0 Å². The zero-order chi connectivity index (χ0) is 15.0. The van der Waals surface area contributed by atoms with Gasteiger partial charge in [-0.1, -0.05) is 13.8 Å². The van der Waals surface area contributed by atoms with Gasteiger partial charge in [-0.2, -0.15) is 5.26 Å². The Morgan fingerprint density at radius 3 is 2.45 bits per heavy atom. The molecule has 0 heterocycles. The molecule has 4 heteroatoms. The van der Waals surface area contributed by atoms with E-state index in [2.05, 4.69) is 24.8 Å². The molecule has 0 atom stereocenters. The summed E-state index contributed by atoms with van der Waals surface area (Å²) >= 11 is 0. The van der Waals surface area contributed by atoms with Crippen molar-refractivity contribution in [2.75, 3.05) is 32.3 Å². The fourth-order valence-corrected chi connectivity index (χ4v) is 2.39. The first kappa shape index (κ1) is 16.3. The van der Waals surface area contributed by atoms with Crippen LogP contribution in [0.1, 0.15) is 32.3 Å². The number of rotatable bonds is 8. The zero-order valence-electron chi connectivity index (χ0n) is 12.8. The number of ether oxygens (including phenoxy) is 2. The standard InChI is InChI=1S/C16H24N2O2/c1-5-14(6-2)18(9-10-19-3)16-11-15(20-4)8-7-13(16)12-17/h7-8,11,14H,5-6,9-10H2,1-4H3. The van der Waals surface area contributed by atoms with Gasteiger partial charge in [0.1, 0.15) is 11.8 Å². The predicted octanol–water partition coefficient (Wildman–Crippen LogP) is 3.21. The molecule has 0 radical (unpaired) electrons. The third kappa shape index (κ3) is 3.88. The molecule has 1 aromatic rings. The van der Waals surface area contributed by atoms with Crippen LogP contribution >= 0.6 is 0 Å². The van der Waals surface area contributed by atoms with Gasteiger partial charge in [0.15, 0.2) is 0 Å². The lowest BCUT2D eigenvalue weighted by atomic mass is 10.1. The first-order valence-electron chi connectivity index (χ1n) is 7.05. The molecule has 0 aliphatic carbocycles. The Balaban J connectivity index is 3.20. The third-order valence-corrected chi connectivity index (χ3v) is 3.55. The van der Waals surface area contributed by atoms with Crippen LogP contribution in [-0.2, 0) is 4.74 Å². The molecule has 0 bridgehead atoms. The van der Waals surface area contributed by atoms with E-state index < -0.39 is 0 Å². The highest BCUT2D eigenvalue weighted by Crippen LogP contribution is 2.28. The molecule has 0 fully saturated rings. The molecule has 20 heavy (non-hydrogen) atoms. The van der Waals surface area contributed by atoms with Crippen molar-refractivity contribution in [2.24, 2.45) is 0 Å². The van der Waals surface area contributed by atoms with Gasteiger partial charge in [0.25, 0.3) is 0 Å². The van der Waals surface area contributed by atoms with Gasteiger partial charge >= 0.3 is 0 Å². The van der Waals surface area contributed by atoms with Gasteiger partial charge in [0.05, 0.1) is 25.0 Å². The van der Waals surface area contributed by atoms with Crippen LogP contribution in [0.25, 0.3) is 0 Å². The molecule has 0 N–H and O–H groups in total. The lowest BCUT2D eigenvalue weighted by Crippen LogP contribution is -2.37. The maximum Gasteiger partial charge on any atom is 0.121 e. The van der Waals surface area contributed by atoms with Crippen LogP contribution in [-0.4, -0.2) is 33.4 Å². The average Bonchev–Trinajstić information content (AvgIpc) is 2.50. The van der Waals surface area contributed by atoms with Crippen molar-refractivity contribution in [1.29, 1.82) is 5.26 Å². The average molecular weight is 276 g/mol. The number of benzene rings is 1. The molecule has 1 rings (SSSR count).